The Balaban J connectivity index is 1.77. The maximum absolute atomic E-state index is 5.85. The molecule has 0 aliphatic heterocycles. The number of hydrogen-bond acceptors (Lipinski definition) is 3. The predicted octanol–water partition coefficient (Wildman–Crippen LogP) is 6.06. The van der Waals surface area contributed by atoms with E-state index in [0.717, 1.165) is 41.1 Å². The smallest absolute Gasteiger partial charge is 0.159 e. The summed E-state index contributed by atoms with van der Waals surface area (Å²) in [7, 11) is 0. The first-order valence-electron chi connectivity index (χ1n) is 8.38. The van der Waals surface area contributed by atoms with Gasteiger partial charge in [-0.05, 0) is 79.2 Å². The van der Waals surface area contributed by atoms with Crippen LogP contribution in [0.4, 0.5) is 0 Å². The van der Waals surface area contributed by atoms with E-state index in [9.17, 15) is 0 Å². The summed E-state index contributed by atoms with van der Waals surface area (Å²) >= 11 is 3.34. The number of halogens is 1. The zero-order valence-electron chi connectivity index (χ0n) is 14.6. The van der Waals surface area contributed by atoms with Crippen molar-refractivity contribution in [2.45, 2.75) is 40.0 Å². The lowest BCUT2D eigenvalue weighted by molar-refractivity contribution is 0.279. The van der Waals surface area contributed by atoms with Gasteiger partial charge in [-0.1, -0.05) is 18.6 Å². The number of hydrogen-bond donors (Lipinski definition) is 0. The number of benzene rings is 1. The van der Waals surface area contributed by atoms with Crippen LogP contribution in [-0.4, -0.2) is 16.6 Å². The molecule has 0 saturated carbocycles. The van der Waals surface area contributed by atoms with Crippen LogP contribution < -0.4 is 4.74 Å². The quantitative estimate of drug-likeness (QED) is 0.515. The maximum Gasteiger partial charge on any atom is 0.159 e. The molecule has 2 aromatic rings. The molecular weight excluding hydrogens is 364 g/mol. The van der Waals surface area contributed by atoms with Crippen molar-refractivity contribution in [3.8, 4) is 17.1 Å². The van der Waals surface area contributed by atoms with Crippen LogP contribution in [0.15, 0.2) is 52.8 Å². The summed E-state index contributed by atoms with van der Waals surface area (Å²) in [6.45, 7) is 7.34. The van der Waals surface area contributed by atoms with Crippen molar-refractivity contribution in [2.75, 3.05) is 6.61 Å². The summed E-state index contributed by atoms with van der Waals surface area (Å²) in [5.41, 5.74) is 2.39. The normalized spacial score (nSPS) is 11.8. The Morgan fingerprint density at radius 3 is 2.42 bits per heavy atom. The number of ether oxygens (including phenoxy) is 1. The van der Waals surface area contributed by atoms with E-state index >= 15 is 0 Å². The molecule has 2 rings (SSSR count). The fraction of sp³-hybridized carbons (Fsp3) is 0.400. The van der Waals surface area contributed by atoms with Gasteiger partial charge in [0.2, 0.25) is 0 Å². The van der Waals surface area contributed by atoms with E-state index in [4.69, 9.17) is 4.74 Å². The van der Waals surface area contributed by atoms with Crippen LogP contribution in [0, 0.1) is 5.92 Å². The van der Waals surface area contributed by atoms with Crippen LogP contribution in [0.3, 0.4) is 0 Å². The van der Waals surface area contributed by atoms with Gasteiger partial charge in [-0.15, -0.1) is 0 Å². The fourth-order valence-electron chi connectivity index (χ4n) is 2.34. The van der Waals surface area contributed by atoms with E-state index < -0.39 is 0 Å². The van der Waals surface area contributed by atoms with Crippen molar-refractivity contribution < 1.29 is 4.74 Å². The Kier molecular flexibility index (Phi) is 7.44. The van der Waals surface area contributed by atoms with Crippen molar-refractivity contribution in [1.29, 1.82) is 0 Å². The van der Waals surface area contributed by atoms with Gasteiger partial charge in [-0.25, -0.2) is 9.97 Å². The van der Waals surface area contributed by atoms with E-state index in [1.165, 1.54) is 12.0 Å². The summed E-state index contributed by atoms with van der Waals surface area (Å²) in [6.07, 6.45) is 9.26. The van der Waals surface area contributed by atoms with Crippen LogP contribution >= 0.6 is 15.9 Å². The molecule has 0 spiro atoms. The Labute approximate surface area is 153 Å². The fourth-order valence-corrected chi connectivity index (χ4v) is 2.55. The van der Waals surface area contributed by atoms with Crippen molar-refractivity contribution in [2.24, 2.45) is 5.92 Å². The molecule has 0 radical (unpaired) electrons. The van der Waals surface area contributed by atoms with Crippen molar-refractivity contribution >= 4 is 15.9 Å². The molecule has 0 N–H and O–H groups in total. The molecule has 1 heterocycles. The Morgan fingerprint density at radius 1 is 1.12 bits per heavy atom. The molecule has 0 aliphatic rings. The number of allylic oxidation sites excluding steroid dienone is 2. The lowest BCUT2D eigenvalue weighted by atomic mass is 10.0. The molecular formula is C20H25BrN2O. The van der Waals surface area contributed by atoms with Gasteiger partial charge in [0.15, 0.2) is 5.82 Å². The van der Waals surface area contributed by atoms with E-state index in [-0.39, 0.29) is 0 Å². The third kappa shape index (κ3) is 6.44. The SMILES string of the molecule is CC(C)=CCCC(C)CCOc1ccc(-c2ncc(Br)cn2)cc1. The van der Waals surface area contributed by atoms with Gasteiger partial charge >= 0.3 is 0 Å². The molecule has 3 nitrogen and oxygen atoms in total. The third-order valence-corrected chi connectivity index (χ3v) is 4.23. The molecule has 0 fully saturated rings. The second-order valence-corrected chi connectivity index (χ2v) is 7.27. The van der Waals surface area contributed by atoms with Crippen LogP contribution in [-0.2, 0) is 0 Å². The largest absolute Gasteiger partial charge is 0.494 e. The molecule has 0 amide bonds. The first kappa shape index (κ1) is 18.7. The summed E-state index contributed by atoms with van der Waals surface area (Å²) in [5, 5.41) is 0. The van der Waals surface area contributed by atoms with Gasteiger partial charge in [0, 0.05) is 18.0 Å². The average molecular weight is 389 g/mol. The number of aromatic nitrogens is 2. The Hall–Kier alpha value is -1.68. The van der Waals surface area contributed by atoms with E-state index in [2.05, 4.69) is 52.7 Å². The second-order valence-electron chi connectivity index (χ2n) is 6.35. The van der Waals surface area contributed by atoms with Gasteiger partial charge < -0.3 is 4.74 Å². The zero-order chi connectivity index (χ0) is 17.4. The highest BCUT2D eigenvalue weighted by molar-refractivity contribution is 9.10. The average Bonchev–Trinajstić information content (AvgIpc) is 2.56. The standard InChI is InChI=1S/C20H25BrN2O/c1-15(2)5-4-6-16(3)11-12-24-19-9-7-17(8-10-19)20-22-13-18(21)14-23-20/h5,7-10,13-14,16H,4,6,11-12H2,1-3H3. The van der Waals surface area contributed by atoms with Gasteiger partial charge in [0.05, 0.1) is 11.1 Å². The van der Waals surface area contributed by atoms with Crippen molar-refractivity contribution in [3.05, 3.63) is 52.8 Å². The zero-order valence-corrected chi connectivity index (χ0v) is 16.2. The van der Waals surface area contributed by atoms with Gasteiger partial charge in [0.1, 0.15) is 5.75 Å². The van der Waals surface area contributed by atoms with Gasteiger partial charge in [0.25, 0.3) is 0 Å². The number of rotatable bonds is 8. The second kappa shape index (κ2) is 9.58. The number of nitrogens with zero attached hydrogens (tertiary/aromatic N) is 2. The highest BCUT2D eigenvalue weighted by atomic mass is 79.9. The third-order valence-electron chi connectivity index (χ3n) is 3.82. The van der Waals surface area contributed by atoms with Crippen LogP contribution in [0.5, 0.6) is 5.75 Å². The Bertz CT molecular complexity index is 646. The molecule has 128 valence electrons. The minimum atomic E-state index is 0.677. The summed E-state index contributed by atoms with van der Waals surface area (Å²) in [4.78, 5) is 8.60. The summed E-state index contributed by atoms with van der Waals surface area (Å²) in [6, 6.07) is 7.96. The highest BCUT2D eigenvalue weighted by Crippen LogP contribution is 2.20. The molecule has 0 saturated heterocycles. The molecule has 1 aromatic heterocycles. The maximum atomic E-state index is 5.85. The predicted molar refractivity (Wildman–Crippen MR) is 103 cm³/mol. The lowest BCUT2D eigenvalue weighted by Gasteiger charge is -2.12. The summed E-state index contributed by atoms with van der Waals surface area (Å²) < 4.78 is 6.73. The molecule has 0 aliphatic carbocycles. The summed E-state index contributed by atoms with van der Waals surface area (Å²) in [5.74, 6) is 2.29. The van der Waals surface area contributed by atoms with E-state index in [0.29, 0.717) is 5.92 Å². The molecule has 1 aromatic carbocycles. The van der Waals surface area contributed by atoms with Crippen molar-refractivity contribution in [1.82, 2.24) is 9.97 Å². The van der Waals surface area contributed by atoms with E-state index in [1.807, 2.05) is 24.3 Å². The highest BCUT2D eigenvalue weighted by Gasteiger charge is 2.04. The molecule has 0 bridgehead atoms. The van der Waals surface area contributed by atoms with Crippen molar-refractivity contribution in [3.63, 3.8) is 0 Å². The topological polar surface area (TPSA) is 35.0 Å². The van der Waals surface area contributed by atoms with Gasteiger partial charge in [-0.2, -0.15) is 0 Å². The first-order chi connectivity index (χ1) is 11.5. The molecule has 4 heteroatoms. The van der Waals surface area contributed by atoms with Crippen LogP contribution in [0.25, 0.3) is 11.4 Å². The molecule has 1 atom stereocenters. The van der Waals surface area contributed by atoms with Gasteiger partial charge in [-0.3, -0.25) is 0 Å². The Morgan fingerprint density at radius 2 is 1.79 bits per heavy atom. The molecule has 24 heavy (non-hydrogen) atoms. The first-order valence-corrected chi connectivity index (χ1v) is 9.18. The minimum absolute atomic E-state index is 0.677. The lowest BCUT2D eigenvalue weighted by Crippen LogP contribution is -2.04. The van der Waals surface area contributed by atoms with E-state index in [1.54, 1.807) is 12.4 Å². The van der Waals surface area contributed by atoms with Crippen LogP contribution in [0.1, 0.15) is 40.0 Å². The van der Waals surface area contributed by atoms with Crippen LogP contribution in [0.2, 0.25) is 0 Å². The molecule has 1 unspecified atom stereocenters. The minimum Gasteiger partial charge on any atom is -0.494 e. The monoisotopic (exact) mass is 388 g/mol.